The molecule has 5 nitrogen and oxygen atoms in total. The van der Waals surface area contributed by atoms with Crippen LogP contribution in [-0.4, -0.2) is 56.4 Å². The fraction of sp³-hybridized carbons (Fsp3) is 0.917. The number of amides is 1. The number of nitrogens with one attached hydrogen (secondary N) is 1. The summed E-state index contributed by atoms with van der Waals surface area (Å²) in [7, 11) is -1.69. The molecule has 0 aromatic rings. The number of nitrogens with zero attached hydrogens (tertiary/aromatic N) is 1. The van der Waals surface area contributed by atoms with Crippen LogP contribution in [0.25, 0.3) is 0 Å². The van der Waals surface area contributed by atoms with Gasteiger partial charge in [0.15, 0.2) is 9.84 Å². The molecule has 18 heavy (non-hydrogen) atoms. The zero-order chi connectivity index (χ0) is 14.0. The average molecular weight is 276 g/mol. The molecule has 1 N–H and O–H groups in total. The van der Waals surface area contributed by atoms with Crippen molar-refractivity contribution in [2.45, 2.75) is 43.9 Å². The number of carbonyl (C=O) groups excluding carboxylic acids is 1. The van der Waals surface area contributed by atoms with Crippen molar-refractivity contribution in [3.8, 4) is 0 Å². The molecule has 0 radical (unpaired) electrons. The summed E-state index contributed by atoms with van der Waals surface area (Å²) >= 11 is 0. The lowest BCUT2D eigenvalue weighted by atomic mass is 10.1. The van der Waals surface area contributed by atoms with Gasteiger partial charge in [-0.05, 0) is 46.2 Å². The van der Waals surface area contributed by atoms with Gasteiger partial charge in [0.25, 0.3) is 0 Å². The Morgan fingerprint density at radius 2 is 1.89 bits per heavy atom. The molecule has 6 heteroatoms. The molecule has 1 aliphatic rings. The van der Waals surface area contributed by atoms with Crippen LogP contribution >= 0.6 is 0 Å². The summed E-state index contributed by atoms with van der Waals surface area (Å²) in [4.78, 5) is 14.0. The second-order valence-electron chi connectivity index (χ2n) is 5.53. The van der Waals surface area contributed by atoms with Gasteiger partial charge in [-0.3, -0.25) is 4.79 Å². The number of carbonyl (C=O) groups is 1. The molecule has 1 amide bonds. The lowest BCUT2D eigenvalue weighted by molar-refractivity contribution is -0.134. The quantitative estimate of drug-likeness (QED) is 0.811. The van der Waals surface area contributed by atoms with Crippen LogP contribution in [0.4, 0.5) is 0 Å². The predicted octanol–water partition coefficient (Wildman–Crippen LogP) is 0.410. The first kappa shape index (κ1) is 15.4. The van der Waals surface area contributed by atoms with Crippen LogP contribution in [0, 0.1) is 0 Å². The van der Waals surface area contributed by atoms with E-state index in [1.54, 1.807) is 11.9 Å². The van der Waals surface area contributed by atoms with Crippen LogP contribution in [0.3, 0.4) is 0 Å². The molecule has 1 atom stereocenters. The van der Waals surface area contributed by atoms with Gasteiger partial charge in [-0.15, -0.1) is 0 Å². The van der Waals surface area contributed by atoms with Gasteiger partial charge in [-0.1, -0.05) is 0 Å². The highest BCUT2D eigenvalue weighted by Gasteiger charge is 2.41. The summed E-state index contributed by atoms with van der Waals surface area (Å²) < 4.78 is 22.0. The molecular weight excluding hydrogens is 252 g/mol. The van der Waals surface area contributed by atoms with E-state index >= 15 is 0 Å². The van der Waals surface area contributed by atoms with Crippen LogP contribution in [0.15, 0.2) is 0 Å². The summed E-state index contributed by atoms with van der Waals surface area (Å²) in [5.41, 5.74) is 0. The van der Waals surface area contributed by atoms with E-state index in [0.717, 1.165) is 38.6 Å². The van der Waals surface area contributed by atoms with E-state index in [2.05, 4.69) is 5.32 Å². The molecule has 1 aliphatic heterocycles. The van der Waals surface area contributed by atoms with Crippen LogP contribution < -0.4 is 5.32 Å². The van der Waals surface area contributed by atoms with E-state index in [1.807, 2.05) is 0 Å². The van der Waals surface area contributed by atoms with E-state index in [-0.39, 0.29) is 11.9 Å². The summed E-state index contributed by atoms with van der Waals surface area (Å²) in [6.07, 6.45) is 3.94. The number of sulfone groups is 1. The third kappa shape index (κ3) is 3.23. The third-order valence-corrected chi connectivity index (χ3v) is 5.88. The van der Waals surface area contributed by atoms with Crippen LogP contribution in [-0.2, 0) is 14.6 Å². The lowest BCUT2D eigenvalue weighted by Gasteiger charge is -2.33. The zero-order valence-electron chi connectivity index (χ0n) is 11.7. The highest BCUT2D eigenvalue weighted by Crippen LogP contribution is 2.22. The molecule has 0 saturated carbocycles. The van der Waals surface area contributed by atoms with Gasteiger partial charge in [-0.2, -0.15) is 0 Å². The van der Waals surface area contributed by atoms with Crippen molar-refractivity contribution in [1.82, 2.24) is 10.2 Å². The number of rotatable bonds is 3. The Bertz CT molecular complexity index is 396. The summed E-state index contributed by atoms with van der Waals surface area (Å²) in [5.74, 6) is -0.308. The van der Waals surface area contributed by atoms with Crippen molar-refractivity contribution in [2.75, 3.05) is 26.4 Å². The Hall–Kier alpha value is -0.620. The molecule has 0 aliphatic carbocycles. The molecule has 0 spiro atoms. The van der Waals surface area contributed by atoms with Gasteiger partial charge in [0.2, 0.25) is 5.91 Å². The molecule has 1 unspecified atom stereocenters. The molecule has 1 rings (SSSR count). The smallest absolute Gasteiger partial charge is 0.243 e. The van der Waals surface area contributed by atoms with Gasteiger partial charge in [0.05, 0.1) is 0 Å². The average Bonchev–Trinajstić information content (AvgIpc) is 2.53. The standard InChI is InChI=1S/C12H24N2O3S/c1-12(2,18(4,16)17)11(15)14(3)10-6-5-8-13-9-7-10/h10,13H,5-9H2,1-4H3. The number of hydrogen-bond donors (Lipinski definition) is 1. The molecule has 0 aromatic carbocycles. The largest absolute Gasteiger partial charge is 0.341 e. The first-order chi connectivity index (χ1) is 8.18. The van der Waals surface area contributed by atoms with E-state index < -0.39 is 14.6 Å². The van der Waals surface area contributed by atoms with Crippen molar-refractivity contribution in [3.63, 3.8) is 0 Å². The Labute approximate surface area is 110 Å². The Balaban J connectivity index is 2.83. The SMILES string of the molecule is CN(C(=O)C(C)(C)S(C)(=O)=O)C1CCCNCC1. The maximum atomic E-state index is 12.3. The van der Waals surface area contributed by atoms with Crippen molar-refractivity contribution in [2.24, 2.45) is 0 Å². The minimum absolute atomic E-state index is 0.133. The number of hydrogen-bond acceptors (Lipinski definition) is 4. The third-order valence-electron chi connectivity index (χ3n) is 3.86. The van der Waals surface area contributed by atoms with Crippen molar-refractivity contribution in [1.29, 1.82) is 0 Å². The Morgan fingerprint density at radius 1 is 1.28 bits per heavy atom. The van der Waals surface area contributed by atoms with Gasteiger partial charge in [0.1, 0.15) is 4.75 Å². The first-order valence-corrected chi connectivity index (χ1v) is 8.24. The fourth-order valence-corrected chi connectivity index (χ4v) is 2.60. The maximum absolute atomic E-state index is 12.3. The van der Waals surface area contributed by atoms with Crippen LogP contribution in [0.5, 0.6) is 0 Å². The van der Waals surface area contributed by atoms with Crippen molar-refractivity contribution < 1.29 is 13.2 Å². The molecule has 0 bridgehead atoms. The molecule has 106 valence electrons. The molecule has 1 heterocycles. The van der Waals surface area contributed by atoms with Crippen molar-refractivity contribution >= 4 is 15.7 Å². The van der Waals surface area contributed by atoms with Gasteiger partial charge < -0.3 is 10.2 Å². The molecule has 0 aromatic heterocycles. The minimum atomic E-state index is -3.40. The molecular formula is C12H24N2O3S. The Kier molecular flexibility index (Phi) is 4.78. The van der Waals surface area contributed by atoms with E-state index in [0.29, 0.717) is 0 Å². The highest BCUT2D eigenvalue weighted by atomic mass is 32.2. The topological polar surface area (TPSA) is 66.5 Å². The molecule has 1 fully saturated rings. The fourth-order valence-electron chi connectivity index (χ4n) is 2.14. The van der Waals surface area contributed by atoms with E-state index in [1.165, 1.54) is 13.8 Å². The maximum Gasteiger partial charge on any atom is 0.243 e. The lowest BCUT2D eigenvalue weighted by Crippen LogP contribution is -2.51. The summed E-state index contributed by atoms with van der Waals surface area (Å²) in [5, 5.41) is 3.28. The second-order valence-corrected chi connectivity index (χ2v) is 8.10. The normalized spacial score (nSPS) is 22.3. The summed E-state index contributed by atoms with van der Waals surface area (Å²) in [6.45, 7) is 4.81. The predicted molar refractivity (Wildman–Crippen MR) is 72.2 cm³/mol. The highest BCUT2D eigenvalue weighted by molar-refractivity contribution is 7.92. The summed E-state index contributed by atoms with van der Waals surface area (Å²) in [6, 6.07) is 0.133. The minimum Gasteiger partial charge on any atom is -0.341 e. The van der Waals surface area contributed by atoms with Gasteiger partial charge in [0, 0.05) is 19.3 Å². The van der Waals surface area contributed by atoms with Crippen LogP contribution in [0.1, 0.15) is 33.1 Å². The van der Waals surface area contributed by atoms with E-state index in [4.69, 9.17) is 0 Å². The monoisotopic (exact) mass is 276 g/mol. The zero-order valence-corrected chi connectivity index (χ0v) is 12.5. The van der Waals surface area contributed by atoms with E-state index in [9.17, 15) is 13.2 Å². The van der Waals surface area contributed by atoms with Gasteiger partial charge >= 0.3 is 0 Å². The van der Waals surface area contributed by atoms with Gasteiger partial charge in [-0.25, -0.2) is 8.42 Å². The second kappa shape index (κ2) is 5.57. The molecule has 1 saturated heterocycles. The first-order valence-electron chi connectivity index (χ1n) is 6.35. The Morgan fingerprint density at radius 3 is 2.44 bits per heavy atom. The van der Waals surface area contributed by atoms with Crippen molar-refractivity contribution in [3.05, 3.63) is 0 Å². The van der Waals surface area contributed by atoms with Crippen LogP contribution in [0.2, 0.25) is 0 Å².